The summed E-state index contributed by atoms with van der Waals surface area (Å²) < 4.78 is 5.22. The summed E-state index contributed by atoms with van der Waals surface area (Å²) in [5.74, 6) is 0.937. The van der Waals surface area contributed by atoms with Gasteiger partial charge in [-0.2, -0.15) is 0 Å². The summed E-state index contributed by atoms with van der Waals surface area (Å²) in [6.07, 6.45) is 7.28. The maximum atomic E-state index is 5.22. The fourth-order valence-corrected chi connectivity index (χ4v) is 2.88. The Hall–Kier alpha value is -0.870. The fourth-order valence-electron chi connectivity index (χ4n) is 2.88. The Labute approximate surface area is 89.7 Å². The van der Waals surface area contributed by atoms with E-state index < -0.39 is 0 Å². The molecule has 2 atom stereocenters. The Morgan fingerprint density at radius 1 is 1.47 bits per heavy atom. The SMILES string of the molecule is c1ncc(CNC2CCN3CCCC23)o1. The van der Waals surface area contributed by atoms with Gasteiger partial charge in [-0.05, 0) is 25.8 Å². The summed E-state index contributed by atoms with van der Waals surface area (Å²) in [5, 5.41) is 3.58. The minimum Gasteiger partial charge on any atom is -0.447 e. The molecular formula is C11H17N3O. The molecule has 0 saturated carbocycles. The van der Waals surface area contributed by atoms with Crippen LogP contribution < -0.4 is 5.32 Å². The first-order chi connectivity index (χ1) is 7.43. The van der Waals surface area contributed by atoms with Gasteiger partial charge in [0.1, 0.15) is 5.76 Å². The van der Waals surface area contributed by atoms with Crippen LogP contribution in [0.2, 0.25) is 0 Å². The van der Waals surface area contributed by atoms with Crippen molar-refractivity contribution >= 4 is 0 Å². The van der Waals surface area contributed by atoms with Crippen LogP contribution in [0.5, 0.6) is 0 Å². The number of hydrogen-bond acceptors (Lipinski definition) is 4. The lowest BCUT2D eigenvalue weighted by atomic mass is 10.1. The smallest absolute Gasteiger partial charge is 0.180 e. The van der Waals surface area contributed by atoms with Gasteiger partial charge in [0.25, 0.3) is 0 Å². The number of nitrogens with one attached hydrogen (secondary N) is 1. The highest BCUT2D eigenvalue weighted by molar-refractivity contribution is 4.97. The Morgan fingerprint density at radius 3 is 3.33 bits per heavy atom. The molecule has 0 bridgehead atoms. The van der Waals surface area contributed by atoms with Crippen LogP contribution in [0.3, 0.4) is 0 Å². The summed E-state index contributed by atoms with van der Waals surface area (Å²) in [4.78, 5) is 6.53. The van der Waals surface area contributed by atoms with Crippen molar-refractivity contribution in [3.8, 4) is 0 Å². The van der Waals surface area contributed by atoms with Crippen molar-refractivity contribution in [2.45, 2.75) is 37.9 Å². The molecule has 0 spiro atoms. The summed E-state index contributed by atoms with van der Waals surface area (Å²) in [5.41, 5.74) is 0. The van der Waals surface area contributed by atoms with E-state index in [9.17, 15) is 0 Å². The van der Waals surface area contributed by atoms with Crippen LogP contribution >= 0.6 is 0 Å². The third-order valence-corrected chi connectivity index (χ3v) is 3.63. The molecule has 2 saturated heterocycles. The molecule has 2 fully saturated rings. The Morgan fingerprint density at radius 2 is 2.47 bits per heavy atom. The van der Waals surface area contributed by atoms with Crippen molar-refractivity contribution < 1.29 is 4.42 Å². The number of fused-ring (bicyclic) bond motifs is 1. The van der Waals surface area contributed by atoms with Crippen molar-refractivity contribution in [3.05, 3.63) is 18.4 Å². The van der Waals surface area contributed by atoms with Crippen molar-refractivity contribution in [1.82, 2.24) is 15.2 Å². The van der Waals surface area contributed by atoms with Crippen molar-refractivity contribution in [1.29, 1.82) is 0 Å². The quantitative estimate of drug-likeness (QED) is 0.803. The van der Waals surface area contributed by atoms with E-state index in [0.29, 0.717) is 6.04 Å². The molecule has 3 rings (SSSR count). The molecule has 15 heavy (non-hydrogen) atoms. The van der Waals surface area contributed by atoms with Gasteiger partial charge in [-0.3, -0.25) is 4.90 Å². The molecule has 1 N–H and O–H groups in total. The summed E-state index contributed by atoms with van der Waals surface area (Å²) >= 11 is 0. The molecule has 4 heteroatoms. The average molecular weight is 207 g/mol. The third kappa shape index (κ3) is 1.79. The Kier molecular flexibility index (Phi) is 2.46. The summed E-state index contributed by atoms with van der Waals surface area (Å²) in [6, 6.07) is 1.42. The molecule has 0 amide bonds. The fraction of sp³-hybridized carbons (Fsp3) is 0.727. The lowest BCUT2D eigenvalue weighted by molar-refractivity contribution is 0.295. The number of rotatable bonds is 3. The van der Waals surface area contributed by atoms with Gasteiger partial charge in [0.15, 0.2) is 6.39 Å². The first kappa shape index (κ1) is 9.36. The highest BCUT2D eigenvalue weighted by Crippen LogP contribution is 2.27. The number of aromatic nitrogens is 1. The standard InChI is InChI=1S/C11H17N3O/c1-2-11-10(3-5-14(11)4-1)13-7-9-6-12-8-15-9/h6,8,10-11,13H,1-5,7H2. The van der Waals surface area contributed by atoms with Crippen LogP contribution in [0, 0.1) is 0 Å². The van der Waals surface area contributed by atoms with E-state index in [0.717, 1.165) is 18.3 Å². The van der Waals surface area contributed by atoms with E-state index in [1.807, 2.05) is 0 Å². The van der Waals surface area contributed by atoms with Crippen LogP contribution in [0.25, 0.3) is 0 Å². The lowest BCUT2D eigenvalue weighted by Crippen LogP contribution is -2.38. The van der Waals surface area contributed by atoms with E-state index in [1.165, 1.54) is 38.7 Å². The molecule has 4 nitrogen and oxygen atoms in total. The average Bonchev–Trinajstić information content (AvgIpc) is 2.93. The second-order valence-corrected chi connectivity index (χ2v) is 4.49. The molecular weight excluding hydrogens is 190 g/mol. The Bertz CT molecular complexity index is 312. The molecule has 3 heterocycles. The van der Waals surface area contributed by atoms with E-state index in [4.69, 9.17) is 4.42 Å². The molecule has 2 aliphatic heterocycles. The lowest BCUT2D eigenvalue weighted by Gasteiger charge is -2.20. The van der Waals surface area contributed by atoms with Crippen molar-refractivity contribution in [3.63, 3.8) is 0 Å². The second-order valence-electron chi connectivity index (χ2n) is 4.49. The van der Waals surface area contributed by atoms with Crippen LogP contribution in [-0.2, 0) is 6.54 Å². The van der Waals surface area contributed by atoms with E-state index in [2.05, 4.69) is 15.2 Å². The molecule has 1 aromatic heterocycles. The largest absolute Gasteiger partial charge is 0.447 e. The zero-order valence-corrected chi connectivity index (χ0v) is 8.85. The summed E-state index contributed by atoms with van der Waals surface area (Å²) in [7, 11) is 0. The first-order valence-electron chi connectivity index (χ1n) is 5.78. The van der Waals surface area contributed by atoms with Gasteiger partial charge in [-0.25, -0.2) is 4.98 Å². The van der Waals surface area contributed by atoms with Crippen LogP contribution in [0.1, 0.15) is 25.0 Å². The number of nitrogens with zero attached hydrogens (tertiary/aromatic N) is 2. The molecule has 82 valence electrons. The minimum atomic E-state index is 0.651. The zero-order valence-electron chi connectivity index (χ0n) is 8.85. The van der Waals surface area contributed by atoms with Gasteiger partial charge in [0.2, 0.25) is 0 Å². The van der Waals surface area contributed by atoms with E-state index >= 15 is 0 Å². The Balaban J connectivity index is 1.55. The van der Waals surface area contributed by atoms with Crippen molar-refractivity contribution in [2.24, 2.45) is 0 Å². The highest BCUT2D eigenvalue weighted by atomic mass is 16.3. The van der Waals surface area contributed by atoms with Gasteiger partial charge in [0, 0.05) is 18.6 Å². The molecule has 1 aromatic rings. The first-order valence-corrected chi connectivity index (χ1v) is 5.78. The monoisotopic (exact) mass is 207 g/mol. The second kappa shape index (κ2) is 3.94. The van der Waals surface area contributed by atoms with Crippen molar-refractivity contribution in [2.75, 3.05) is 13.1 Å². The topological polar surface area (TPSA) is 41.3 Å². The van der Waals surface area contributed by atoms with Crippen LogP contribution in [0.15, 0.2) is 17.0 Å². The zero-order chi connectivity index (χ0) is 10.1. The van der Waals surface area contributed by atoms with Gasteiger partial charge >= 0.3 is 0 Å². The van der Waals surface area contributed by atoms with Crippen LogP contribution in [0.4, 0.5) is 0 Å². The third-order valence-electron chi connectivity index (χ3n) is 3.63. The molecule has 0 aliphatic carbocycles. The number of hydrogen-bond donors (Lipinski definition) is 1. The van der Waals surface area contributed by atoms with Gasteiger partial charge in [-0.15, -0.1) is 0 Å². The minimum absolute atomic E-state index is 0.651. The molecule has 2 unspecified atom stereocenters. The predicted molar refractivity (Wildman–Crippen MR) is 56.3 cm³/mol. The maximum Gasteiger partial charge on any atom is 0.180 e. The van der Waals surface area contributed by atoms with Crippen LogP contribution in [-0.4, -0.2) is 35.1 Å². The molecule has 2 aliphatic rings. The summed E-state index contributed by atoms with van der Waals surface area (Å²) in [6.45, 7) is 3.37. The van der Waals surface area contributed by atoms with Gasteiger partial charge < -0.3 is 9.73 Å². The normalized spacial score (nSPS) is 30.9. The van der Waals surface area contributed by atoms with Gasteiger partial charge in [-0.1, -0.05) is 0 Å². The predicted octanol–water partition coefficient (Wildman–Crippen LogP) is 1.00. The van der Waals surface area contributed by atoms with Gasteiger partial charge in [0.05, 0.1) is 12.7 Å². The van der Waals surface area contributed by atoms with E-state index in [-0.39, 0.29) is 0 Å². The molecule has 0 radical (unpaired) electrons. The van der Waals surface area contributed by atoms with E-state index in [1.54, 1.807) is 6.20 Å². The highest BCUT2D eigenvalue weighted by Gasteiger charge is 2.36. The molecule has 0 aromatic carbocycles. The maximum absolute atomic E-state index is 5.22. The number of oxazole rings is 1.